The molecule has 2 aromatic rings. The van der Waals surface area contributed by atoms with Crippen molar-refractivity contribution in [3.63, 3.8) is 0 Å². The topological polar surface area (TPSA) is 47.6 Å². The maximum Gasteiger partial charge on any atom is 0.221 e. The van der Waals surface area contributed by atoms with Gasteiger partial charge in [0, 0.05) is 18.7 Å². The van der Waals surface area contributed by atoms with Gasteiger partial charge in [0.15, 0.2) is 0 Å². The zero-order valence-corrected chi connectivity index (χ0v) is 14.4. The molecule has 1 N–H and O–H groups in total. The highest BCUT2D eigenvalue weighted by atomic mass is 79.9. The van der Waals surface area contributed by atoms with E-state index in [2.05, 4.69) is 21.2 Å². The van der Waals surface area contributed by atoms with Gasteiger partial charge in [-0.25, -0.2) is 0 Å². The Hall–Kier alpha value is -2.01. The Balaban J connectivity index is 2.34. The summed E-state index contributed by atoms with van der Waals surface area (Å²) in [5.41, 5.74) is 2.89. The van der Waals surface area contributed by atoms with Gasteiger partial charge in [0.25, 0.3) is 0 Å². The highest BCUT2D eigenvalue weighted by molar-refractivity contribution is 9.10. The lowest BCUT2D eigenvalue weighted by atomic mass is 10.0. The van der Waals surface area contributed by atoms with Crippen LogP contribution in [0.25, 0.3) is 0 Å². The molecule has 0 fully saturated rings. The van der Waals surface area contributed by atoms with E-state index in [9.17, 15) is 4.79 Å². The Morgan fingerprint density at radius 3 is 2.36 bits per heavy atom. The third-order valence-electron chi connectivity index (χ3n) is 3.24. The van der Waals surface area contributed by atoms with E-state index in [0.717, 1.165) is 27.0 Å². The van der Waals surface area contributed by atoms with Crippen molar-refractivity contribution in [2.75, 3.05) is 19.5 Å². The number of carbonyl (C=O) groups excluding carboxylic acids is 1. The number of ether oxygens (including phenoxy) is 2. The van der Waals surface area contributed by atoms with Gasteiger partial charge in [-0.1, -0.05) is 12.1 Å². The lowest BCUT2D eigenvalue weighted by Crippen LogP contribution is -2.09. The molecule has 0 atom stereocenters. The maximum absolute atomic E-state index is 11.4. The quantitative estimate of drug-likeness (QED) is 0.872. The fourth-order valence-corrected chi connectivity index (χ4v) is 2.72. The van der Waals surface area contributed by atoms with Crippen LogP contribution >= 0.6 is 15.9 Å². The molecule has 0 heterocycles. The number of carbonyl (C=O) groups is 1. The molecule has 0 bridgehead atoms. The Morgan fingerprint density at radius 2 is 1.82 bits per heavy atom. The number of benzene rings is 2. The highest BCUT2D eigenvalue weighted by Gasteiger charge is 2.11. The van der Waals surface area contributed by atoms with E-state index in [4.69, 9.17) is 9.47 Å². The molecule has 0 spiro atoms. The number of hydrogen-bond acceptors (Lipinski definition) is 3. The van der Waals surface area contributed by atoms with Crippen LogP contribution in [0.1, 0.15) is 18.1 Å². The van der Waals surface area contributed by atoms with Gasteiger partial charge >= 0.3 is 0 Å². The van der Waals surface area contributed by atoms with E-state index in [1.54, 1.807) is 14.2 Å². The van der Waals surface area contributed by atoms with E-state index < -0.39 is 0 Å². The molecular formula is C17H18BrNO3. The van der Waals surface area contributed by atoms with Gasteiger partial charge < -0.3 is 14.8 Å². The number of rotatable bonds is 5. The van der Waals surface area contributed by atoms with Gasteiger partial charge in [-0.3, -0.25) is 4.79 Å². The molecule has 22 heavy (non-hydrogen) atoms. The van der Waals surface area contributed by atoms with Crippen molar-refractivity contribution in [3.8, 4) is 11.5 Å². The standard InChI is InChI=1S/C17H18BrNO3/c1-11(20)19-16-10-17(22-3)15(18)9-13(16)8-12-4-6-14(21-2)7-5-12/h4-7,9-10H,8H2,1-3H3,(H,19,20). The lowest BCUT2D eigenvalue weighted by molar-refractivity contribution is -0.114. The number of hydrogen-bond donors (Lipinski definition) is 1. The monoisotopic (exact) mass is 363 g/mol. The van der Waals surface area contributed by atoms with Crippen LogP contribution in [0.2, 0.25) is 0 Å². The van der Waals surface area contributed by atoms with Crippen molar-refractivity contribution in [2.24, 2.45) is 0 Å². The predicted octanol–water partition coefficient (Wildman–Crippen LogP) is 4.02. The Bertz CT molecular complexity index is 668. The van der Waals surface area contributed by atoms with Crippen LogP contribution in [0.3, 0.4) is 0 Å². The van der Waals surface area contributed by atoms with Crippen LogP contribution in [0.5, 0.6) is 11.5 Å². The van der Waals surface area contributed by atoms with Gasteiger partial charge in [-0.05, 0) is 51.7 Å². The number of amides is 1. The molecule has 0 aromatic heterocycles. The Morgan fingerprint density at radius 1 is 1.14 bits per heavy atom. The molecule has 0 aliphatic carbocycles. The van der Waals surface area contributed by atoms with Crippen LogP contribution in [-0.2, 0) is 11.2 Å². The molecule has 116 valence electrons. The lowest BCUT2D eigenvalue weighted by Gasteiger charge is -2.14. The molecule has 0 radical (unpaired) electrons. The van der Waals surface area contributed by atoms with Gasteiger partial charge in [0.05, 0.1) is 18.7 Å². The van der Waals surface area contributed by atoms with E-state index in [1.807, 2.05) is 36.4 Å². The maximum atomic E-state index is 11.4. The van der Waals surface area contributed by atoms with Crippen molar-refractivity contribution in [2.45, 2.75) is 13.3 Å². The first-order valence-electron chi connectivity index (χ1n) is 6.80. The summed E-state index contributed by atoms with van der Waals surface area (Å²) in [4.78, 5) is 11.4. The van der Waals surface area contributed by atoms with E-state index in [0.29, 0.717) is 12.2 Å². The summed E-state index contributed by atoms with van der Waals surface area (Å²) in [7, 11) is 3.24. The zero-order chi connectivity index (χ0) is 16.1. The first-order chi connectivity index (χ1) is 10.5. The fraction of sp³-hybridized carbons (Fsp3) is 0.235. The predicted molar refractivity (Wildman–Crippen MR) is 90.8 cm³/mol. The van der Waals surface area contributed by atoms with Crippen molar-refractivity contribution in [3.05, 3.63) is 52.0 Å². The summed E-state index contributed by atoms with van der Waals surface area (Å²) >= 11 is 3.49. The van der Waals surface area contributed by atoms with Crippen molar-refractivity contribution >= 4 is 27.5 Å². The molecule has 4 nitrogen and oxygen atoms in total. The van der Waals surface area contributed by atoms with Crippen molar-refractivity contribution < 1.29 is 14.3 Å². The molecule has 5 heteroatoms. The first-order valence-corrected chi connectivity index (χ1v) is 7.59. The van der Waals surface area contributed by atoms with Crippen LogP contribution in [0, 0.1) is 0 Å². The summed E-state index contributed by atoms with van der Waals surface area (Å²) in [6, 6.07) is 11.7. The molecule has 0 saturated heterocycles. The Labute approximate surface area is 138 Å². The second kappa shape index (κ2) is 7.31. The molecular weight excluding hydrogens is 346 g/mol. The van der Waals surface area contributed by atoms with Crippen molar-refractivity contribution in [1.82, 2.24) is 0 Å². The van der Waals surface area contributed by atoms with E-state index in [1.165, 1.54) is 6.92 Å². The third-order valence-corrected chi connectivity index (χ3v) is 3.86. The minimum absolute atomic E-state index is 0.111. The normalized spacial score (nSPS) is 10.2. The molecule has 1 amide bonds. The highest BCUT2D eigenvalue weighted by Crippen LogP contribution is 2.33. The minimum atomic E-state index is -0.111. The summed E-state index contributed by atoms with van der Waals surface area (Å²) in [6.07, 6.45) is 0.697. The Kier molecular flexibility index (Phi) is 5.44. The molecule has 2 aromatic carbocycles. The zero-order valence-electron chi connectivity index (χ0n) is 12.8. The average Bonchev–Trinajstić information content (AvgIpc) is 2.50. The second-order valence-electron chi connectivity index (χ2n) is 4.85. The number of anilines is 1. The van der Waals surface area contributed by atoms with Crippen LogP contribution in [-0.4, -0.2) is 20.1 Å². The molecule has 0 aliphatic heterocycles. The molecule has 0 saturated carbocycles. The van der Waals surface area contributed by atoms with Gasteiger partial charge in [0.2, 0.25) is 5.91 Å². The van der Waals surface area contributed by atoms with Crippen LogP contribution < -0.4 is 14.8 Å². The second-order valence-corrected chi connectivity index (χ2v) is 5.70. The summed E-state index contributed by atoms with van der Waals surface area (Å²) in [6.45, 7) is 1.49. The molecule has 2 rings (SSSR count). The number of halogens is 1. The van der Waals surface area contributed by atoms with Gasteiger partial charge in [0.1, 0.15) is 11.5 Å². The number of nitrogens with one attached hydrogen (secondary N) is 1. The van der Waals surface area contributed by atoms with Crippen molar-refractivity contribution in [1.29, 1.82) is 0 Å². The van der Waals surface area contributed by atoms with E-state index in [-0.39, 0.29) is 5.91 Å². The molecule has 0 aliphatic rings. The summed E-state index contributed by atoms with van der Waals surface area (Å²) in [5.74, 6) is 1.39. The first kappa shape index (κ1) is 16.4. The minimum Gasteiger partial charge on any atom is -0.497 e. The largest absolute Gasteiger partial charge is 0.497 e. The van der Waals surface area contributed by atoms with E-state index >= 15 is 0 Å². The third kappa shape index (κ3) is 4.01. The van der Waals surface area contributed by atoms with Gasteiger partial charge in [-0.15, -0.1) is 0 Å². The summed E-state index contributed by atoms with van der Waals surface area (Å²) < 4.78 is 11.3. The van der Waals surface area contributed by atoms with Gasteiger partial charge in [-0.2, -0.15) is 0 Å². The smallest absolute Gasteiger partial charge is 0.221 e. The SMILES string of the molecule is COc1ccc(Cc2cc(Br)c(OC)cc2NC(C)=O)cc1. The average molecular weight is 364 g/mol. The van der Waals surface area contributed by atoms with Crippen LogP contribution in [0.15, 0.2) is 40.9 Å². The molecule has 0 unspecified atom stereocenters. The fourth-order valence-electron chi connectivity index (χ4n) is 2.17. The number of methoxy groups -OCH3 is 2. The van der Waals surface area contributed by atoms with Crippen LogP contribution in [0.4, 0.5) is 5.69 Å². The summed E-state index contributed by atoms with van der Waals surface area (Å²) in [5, 5.41) is 2.85.